The van der Waals surface area contributed by atoms with Gasteiger partial charge in [0.1, 0.15) is 0 Å². The van der Waals surface area contributed by atoms with Crippen LogP contribution in [0.25, 0.3) is 0 Å². The van der Waals surface area contributed by atoms with Gasteiger partial charge in [-0.25, -0.2) is 0 Å². The van der Waals surface area contributed by atoms with Crippen molar-refractivity contribution in [2.75, 3.05) is 6.54 Å². The normalized spacial score (nSPS) is 17.1. The van der Waals surface area contributed by atoms with Crippen molar-refractivity contribution in [1.29, 1.82) is 0 Å². The van der Waals surface area contributed by atoms with E-state index in [1.807, 2.05) is 0 Å². The fourth-order valence-electron chi connectivity index (χ4n) is 1.14. The predicted octanol–water partition coefficient (Wildman–Crippen LogP) is 2.47. The van der Waals surface area contributed by atoms with Gasteiger partial charge in [-0.3, -0.25) is 4.79 Å². The van der Waals surface area contributed by atoms with E-state index < -0.39 is 0 Å². The van der Waals surface area contributed by atoms with Gasteiger partial charge < -0.3 is 4.90 Å². The molecule has 64 valence electrons. The number of halogens is 1. The molecule has 0 aromatic rings. The zero-order chi connectivity index (χ0) is 8.43. The van der Waals surface area contributed by atoms with Crippen molar-refractivity contribution in [3.63, 3.8) is 0 Å². The molecule has 0 atom stereocenters. The molecule has 0 N–H and O–H groups in total. The van der Waals surface area contributed by atoms with Gasteiger partial charge in [-0.1, -0.05) is 13.8 Å². The Morgan fingerprint density at radius 1 is 1.64 bits per heavy atom. The Morgan fingerprint density at radius 2 is 2.18 bits per heavy atom. The number of nitrogens with zero attached hydrogens (tertiary/aromatic N) is 1. The summed E-state index contributed by atoms with van der Waals surface area (Å²) in [7, 11) is 0. The first-order valence-corrected chi connectivity index (χ1v) is 4.45. The highest BCUT2D eigenvalue weighted by Crippen LogP contribution is 2.28. The lowest BCUT2D eigenvalue weighted by atomic mass is 10.2. The summed E-state index contributed by atoms with van der Waals surface area (Å²) in [4.78, 5) is 12.6. The summed E-state index contributed by atoms with van der Waals surface area (Å²) < 4.78 is 0. The van der Waals surface area contributed by atoms with E-state index in [0.29, 0.717) is 12.0 Å². The van der Waals surface area contributed by atoms with E-state index in [2.05, 4.69) is 13.8 Å². The van der Waals surface area contributed by atoms with E-state index in [4.69, 9.17) is 11.6 Å². The lowest BCUT2D eigenvalue weighted by Gasteiger charge is -2.20. The van der Waals surface area contributed by atoms with Crippen molar-refractivity contribution in [2.45, 2.75) is 32.7 Å². The van der Waals surface area contributed by atoms with Crippen LogP contribution in [0.5, 0.6) is 0 Å². The van der Waals surface area contributed by atoms with Gasteiger partial charge in [0.2, 0.25) is 0 Å². The third-order valence-electron chi connectivity index (χ3n) is 1.78. The smallest absolute Gasteiger partial charge is 0.316 e. The Kier molecular flexibility index (Phi) is 2.77. The van der Waals surface area contributed by atoms with E-state index in [1.54, 1.807) is 4.90 Å². The Bertz CT molecular complexity index is 154. The monoisotopic (exact) mass is 175 g/mol. The molecule has 0 bridgehead atoms. The van der Waals surface area contributed by atoms with E-state index in [9.17, 15) is 4.79 Å². The summed E-state index contributed by atoms with van der Waals surface area (Å²) in [5, 5.41) is -0.291. The second-order valence-electron chi connectivity index (χ2n) is 3.53. The van der Waals surface area contributed by atoms with Crippen LogP contribution >= 0.6 is 11.6 Å². The van der Waals surface area contributed by atoms with Crippen molar-refractivity contribution in [2.24, 2.45) is 5.92 Å². The molecule has 0 aliphatic heterocycles. The largest absolute Gasteiger partial charge is 0.326 e. The molecule has 1 rings (SSSR count). The SMILES string of the molecule is CC(C)CN(C(=O)Cl)C1CC1. The summed E-state index contributed by atoms with van der Waals surface area (Å²) in [5.41, 5.74) is 0. The molecule has 1 fully saturated rings. The van der Waals surface area contributed by atoms with Crippen LogP contribution in [0.15, 0.2) is 0 Å². The van der Waals surface area contributed by atoms with E-state index in [0.717, 1.165) is 19.4 Å². The summed E-state index contributed by atoms with van der Waals surface area (Å²) in [5.74, 6) is 0.512. The molecule has 0 aromatic heterocycles. The molecule has 1 saturated carbocycles. The lowest BCUT2D eigenvalue weighted by molar-refractivity contribution is 0.211. The van der Waals surface area contributed by atoms with Crippen LogP contribution in [0.1, 0.15) is 26.7 Å². The fourth-order valence-corrected chi connectivity index (χ4v) is 1.35. The van der Waals surface area contributed by atoms with Gasteiger partial charge in [-0.15, -0.1) is 0 Å². The molecule has 1 aliphatic carbocycles. The van der Waals surface area contributed by atoms with Crippen molar-refractivity contribution in [3.05, 3.63) is 0 Å². The van der Waals surface area contributed by atoms with Crippen molar-refractivity contribution < 1.29 is 4.79 Å². The highest BCUT2D eigenvalue weighted by molar-refractivity contribution is 6.62. The third-order valence-corrected chi connectivity index (χ3v) is 1.99. The zero-order valence-corrected chi connectivity index (χ0v) is 7.77. The van der Waals surface area contributed by atoms with E-state index >= 15 is 0 Å². The molecule has 1 amide bonds. The van der Waals surface area contributed by atoms with Crippen LogP contribution in [-0.2, 0) is 0 Å². The van der Waals surface area contributed by atoms with Gasteiger partial charge in [0.25, 0.3) is 0 Å². The first-order valence-electron chi connectivity index (χ1n) is 4.07. The van der Waals surface area contributed by atoms with Crippen LogP contribution in [0.4, 0.5) is 4.79 Å². The minimum Gasteiger partial charge on any atom is -0.326 e. The molecule has 2 nitrogen and oxygen atoms in total. The summed E-state index contributed by atoms with van der Waals surface area (Å²) >= 11 is 5.41. The van der Waals surface area contributed by atoms with Crippen molar-refractivity contribution in [3.8, 4) is 0 Å². The van der Waals surface area contributed by atoms with Crippen LogP contribution in [-0.4, -0.2) is 22.9 Å². The minimum atomic E-state index is -0.291. The fraction of sp³-hybridized carbons (Fsp3) is 0.875. The molecular formula is C8H14ClNO. The average molecular weight is 176 g/mol. The number of carbonyl (C=O) groups excluding carboxylic acids is 1. The van der Waals surface area contributed by atoms with Gasteiger partial charge in [0.15, 0.2) is 0 Å². The third kappa shape index (κ3) is 2.70. The maximum Gasteiger partial charge on any atom is 0.316 e. The molecule has 0 spiro atoms. The highest BCUT2D eigenvalue weighted by atomic mass is 35.5. The quantitative estimate of drug-likeness (QED) is 0.477. The maximum absolute atomic E-state index is 10.9. The second kappa shape index (κ2) is 3.44. The summed E-state index contributed by atoms with van der Waals surface area (Å²) in [6.07, 6.45) is 2.26. The Balaban J connectivity index is 2.38. The second-order valence-corrected chi connectivity index (χ2v) is 3.85. The lowest BCUT2D eigenvalue weighted by Crippen LogP contribution is -2.32. The van der Waals surface area contributed by atoms with Crippen molar-refractivity contribution >= 4 is 17.0 Å². The van der Waals surface area contributed by atoms with Crippen LogP contribution < -0.4 is 0 Å². The Morgan fingerprint density at radius 3 is 2.45 bits per heavy atom. The summed E-state index contributed by atoms with van der Waals surface area (Å²) in [6, 6.07) is 0.447. The maximum atomic E-state index is 10.9. The van der Waals surface area contributed by atoms with Crippen LogP contribution in [0.3, 0.4) is 0 Å². The van der Waals surface area contributed by atoms with Crippen LogP contribution in [0.2, 0.25) is 0 Å². The molecule has 0 saturated heterocycles. The molecule has 0 radical (unpaired) electrons. The Labute approximate surface area is 72.5 Å². The Hall–Kier alpha value is -0.240. The van der Waals surface area contributed by atoms with Gasteiger partial charge in [0, 0.05) is 12.6 Å². The molecule has 0 aromatic carbocycles. The first-order chi connectivity index (χ1) is 5.11. The topological polar surface area (TPSA) is 20.3 Å². The predicted molar refractivity (Wildman–Crippen MR) is 45.8 cm³/mol. The van der Waals surface area contributed by atoms with Gasteiger partial charge in [0.05, 0.1) is 0 Å². The van der Waals surface area contributed by atoms with Gasteiger partial charge in [-0.05, 0) is 30.4 Å². The molecule has 0 unspecified atom stereocenters. The van der Waals surface area contributed by atoms with Gasteiger partial charge in [-0.2, -0.15) is 0 Å². The molecule has 3 heteroatoms. The van der Waals surface area contributed by atoms with E-state index in [1.165, 1.54) is 0 Å². The standard InChI is InChI=1S/C8H14ClNO/c1-6(2)5-10(8(9)11)7-3-4-7/h6-7H,3-5H2,1-2H3. The number of rotatable bonds is 3. The highest BCUT2D eigenvalue weighted by Gasteiger charge is 2.31. The number of amides is 1. The molecule has 0 heterocycles. The molecular weight excluding hydrogens is 162 g/mol. The molecule has 1 aliphatic rings. The summed E-state index contributed by atoms with van der Waals surface area (Å²) in [6.45, 7) is 4.98. The average Bonchev–Trinajstić information content (AvgIpc) is 2.63. The first kappa shape index (κ1) is 8.85. The van der Waals surface area contributed by atoms with E-state index in [-0.39, 0.29) is 5.37 Å². The van der Waals surface area contributed by atoms with Crippen molar-refractivity contribution in [1.82, 2.24) is 4.90 Å². The number of carbonyl (C=O) groups is 1. The minimum absolute atomic E-state index is 0.291. The number of hydrogen-bond donors (Lipinski definition) is 0. The molecule has 11 heavy (non-hydrogen) atoms. The van der Waals surface area contributed by atoms with Gasteiger partial charge >= 0.3 is 5.37 Å². The van der Waals surface area contributed by atoms with Crippen LogP contribution in [0, 0.1) is 5.92 Å². The zero-order valence-electron chi connectivity index (χ0n) is 7.01. The number of hydrogen-bond acceptors (Lipinski definition) is 1.